The highest BCUT2D eigenvalue weighted by atomic mass is 79.9. The molecule has 0 saturated carbocycles. The largest absolute Gasteiger partial charge is 0.351 e. The number of hydrogen-bond acceptors (Lipinski definition) is 2. The van der Waals surface area contributed by atoms with Crippen LogP contribution < -0.4 is 5.32 Å². The van der Waals surface area contributed by atoms with Gasteiger partial charge >= 0.3 is 0 Å². The van der Waals surface area contributed by atoms with E-state index < -0.39 is 11.6 Å². The molecule has 0 atom stereocenters. The van der Waals surface area contributed by atoms with Crippen LogP contribution in [0.25, 0.3) is 0 Å². The average Bonchev–Trinajstić information content (AvgIpc) is 2.34. The van der Waals surface area contributed by atoms with Gasteiger partial charge in [0.2, 0.25) is 0 Å². The lowest BCUT2D eigenvalue weighted by Crippen LogP contribution is -1.98. The number of benzene rings is 2. The molecule has 96 valence electrons. The zero-order valence-corrected chi connectivity index (χ0v) is 11.6. The monoisotopic (exact) mass is 322 g/mol. The normalized spacial score (nSPS) is 10.1. The van der Waals surface area contributed by atoms with Crippen LogP contribution in [-0.4, -0.2) is 0 Å². The highest BCUT2D eigenvalue weighted by Gasteiger charge is 2.11. The summed E-state index contributed by atoms with van der Waals surface area (Å²) in [6, 6.07) is 9.27. The molecule has 0 bridgehead atoms. The molecule has 0 spiro atoms. The van der Waals surface area contributed by atoms with Gasteiger partial charge in [-0.1, -0.05) is 15.9 Å². The first-order chi connectivity index (χ1) is 9.01. The molecule has 0 unspecified atom stereocenters. The van der Waals surface area contributed by atoms with Gasteiger partial charge in [-0.2, -0.15) is 5.26 Å². The first kappa shape index (κ1) is 13.5. The van der Waals surface area contributed by atoms with Crippen molar-refractivity contribution in [3.05, 3.63) is 57.6 Å². The van der Waals surface area contributed by atoms with Crippen LogP contribution >= 0.6 is 15.9 Å². The summed E-state index contributed by atoms with van der Waals surface area (Å²) in [4.78, 5) is 0. The van der Waals surface area contributed by atoms with Crippen molar-refractivity contribution >= 4 is 27.3 Å². The van der Waals surface area contributed by atoms with Gasteiger partial charge in [0.05, 0.1) is 11.6 Å². The Hall–Kier alpha value is -1.93. The van der Waals surface area contributed by atoms with Crippen molar-refractivity contribution in [3.8, 4) is 6.07 Å². The molecule has 0 saturated heterocycles. The molecular weight excluding hydrogens is 314 g/mol. The number of nitrogens with one attached hydrogen (secondary N) is 1. The molecule has 19 heavy (non-hydrogen) atoms. The summed E-state index contributed by atoms with van der Waals surface area (Å²) < 4.78 is 27.7. The Morgan fingerprint density at radius 1 is 1.16 bits per heavy atom. The quantitative estimate of drug-likeness (QED) is 0.873. The maximum atomic E-state index is 13.7. The van der Waals surface area contributed by atoms with Crippen molar-refractivity contribution in [1.82, 2.24) is 0 Å². The fourth-order valence-electron chi connectivity index (χ4n) is 1.67. The maximum Gasteiger partial charge on any atom is 0.150 e. The van der Waals surface area contributed by atoms with Crippen molar-refractivity contribution in [2.75, 3.05) is 5.32 Å². The van der Waals surface area contributed by atoms with Crippen molar-refractivity contribution < 1.29 is 8.78 Å². The highest BCUT2D eigenvalue weighted by molar-refractivity contribution is 9.10. The fourth-order valence-corrected chi connectivity index (χ4v) is 2.07. The zero-order chi connectivity index (χ0) is 14.0. The van der Waals surface area contributed by atoms with Gasteiger partial charge in [0, 0.05) is 10.2 Å². The van der Waals surface area contributed by atoms with Crippen LogP contribution in [0.3, 0.4) is 0 Å². The van der Waals surface area contributed by atoms with Crippen molar-refractivity contribution in [2.45, 2.75) is 6.92 Å². The minimum Gasteiger partial charge on any atom is -0.351 e. The Morgan fingerprint density at radius 2 is 1.79 bits per heavy atom. The van der Waals surface area contributed by atoms with E-state index in [9.17, 15) is 8.78 Å². The van der Waals surface area contributed by atoms with E-state index in [0.29, 0.717) is 15.7 Å². The number of aryl methyl sites for hydroxylation is 1. The van der Waals surface area contributed by atoms with Crippen molar-refractivity contribution in [1.29, 1.82) is 5.26 Å². The average molecular weight is 323 g/mol. The van der Waals surface area contributed by atoms with E-state index in [1.807, 2.05) is 6.07 Å². The Kier molecular flexibility index (Phi) is 3.82. The summed E-state index contributed by atoms with van der Waals surface area (Å²) in [5.74, 6) is -1.37. The summed E-state index contributed by atoms with van der Waals surface area (Å²) in [6.07, 6.45) is 0. The number of anilines is 2. The SMILES string of the molecule is Cc1cc(Nc2c(F)cc(Br)cc2F)ccc1C#N. The second-order valence-electron chi connectivity index (χ2n) is 4.01. The minimum atomic E-state index is -0.686. The van der Waals surface area contributed by atoms with Crippen LogP contribution in [0.4, 0.5) is 20.2 Å². The fraction of sp³-hybridized carbons (Fsp3) is 0.0714. The second-order valence-corrected chi connectivity index (χ2v) is 4.93. The molecule has 0 heterocycles. The van der Waals surface area contributed by atoms with Gasteiger partial charge in [-0.15, -0.1) is 0 Å². The number of hydrogen-bond donors (Lipinski definition) is 1. The second kappa shape index (κ2) is 5.37. The molecule has 2 aromatic carbocycles. The Morgan fingerprint density at radius 3 is 2.32 bits per heavy atom. The van der Waals surface area contributed by atoms with E-state index in [1.54, 1.807) is 25.1 Å². The van der Waals surface area contributed by atoms with E-state index in [0.717, 1.165) is 5.56 Å². The number of nitrogens with zero attached hydrogens (tertiary/aromatic N) is 1. The molecule has 5 heteroatoms. The zero-order valence-electron chi connectivity index (χ0n) is 9.97. The summed E-state index contributed by atoms with van der Waals surface area (Å²) in [5, 5.41) is 11.5. The number of nitriles is 1. The summed E-state index contributed by atoms with van der Waals surface area (Å²) in [6.45, 7) is 1.76. The van der Waals surface area contributed by atoms with Gasteiger partial charge in [0.15, 0.2) is 11.6 Å². The van der Waals surface area contributed by atoms with Gasteiger partial charge < -0.3 is 5.32 Å². The van der Waals surface area contributed by atoms with E-state index >= 15 is 0 Å². The minimum absolute atomic E-state index is 0.215. The lowest BCUT2D eigenvalue weighted by Gasteiger charge is -2.10. The molecule has 0 radical (unpaired) electrons. The molecular formula is C14H9BrF2N2. The molecule has 2 nitrogen and oxygen atoms in total. The van der Waals surface area contributed by atoms with Crippen LogP contribution in [0, 0.1) is 29.9 Å². The number of halogens is 3. The first-order valence-electron chi connectivity index (χ1n) is 5.43. The van der Waals surface area contributed by atoms with E-state index in [2.05, 4.69) is 21.2 Å². The van der Waals surface area contributed by atoms with Crippen LogP contribution in [-0.2, 0) is 0 Å². The molecule has 2 aromatic rings. The molecule has 1 N–H and O–H groups in total. The van der Waals surface area contributed by atoms with Crippen LogP contribution in [0.5, 0.6) is 0 Å². The Labute approximate surface area is 117 Å². The third-order valence-electron chi connectivity index (χ3n) is 2.62. The summed E-state index contributed by atoms with van der Waals surface area (Å²) >= 11 is 3.02. The van der Waals surface area contributed by atoms with E-state index in [-0.39, 0.29) is 5.69 Å². The third kappa shape index (κ3) is 2.91. The first-order valence-corrected chi connectivity index (χ1v) is 6.23. The molecule has 2 rings (SSSR count). The highest BCUT2D eigenvalue weighted by Crippen LogP contribution is 2.27. The van der Waals surface area contributed by atoms with Crippen molar-refractivity contribution in [3.63, 3.8) is 0 Å². The van der Waals surface area contributed by atoms with Crippen LogP contribution in [0.1, 0.15) is 11.1 Å². The predicted octanol–water partition coefficient (Wildman–Crippen LogP) is 4.65. The molecule has 0 aliphatic rings. The number of rotatable bonds is 2. The standard InChI is InChI=1S/C14H9BrF2N2/c1-8-4-11(3-2-9(8)7-18)19-14-12(16)5-10(15)6-13(14)17/h2-6,19H,1H3. The predicted molar refractivity (Wildman–Crippen MR) is 73.2 cm³/mol. The molecule has 0 aromatic heterocycles. The summed E-state index contributed by atoms with van der Waals surface area (Å²) in [5.41, 5.74) is 1.58. The van der Waals surface area contributed by atoms with Gasteiger partial charge in [-0.3, -0.25) is 0 Å². The lowest BCUT2D eigenvalue weighted by atomic mass is 10.1. The smallest absolute Gasteiger partial charge is 0.150 e. The van der Waals surface area contributed by atoms with Crippen LogP contribution in [0.2, 0.25) is 0 Å². The van der Waals surface area contributed by atoms with Crippen LogP contribution in [0.15, 0.2) is 34.8 Å². The van der Waals surface area contributed by atoms with E-state index in [1.165, 1.54) is 12.1 Å². The Balaban J connectivity index is 2.37. The molecule has 0 fully saturated rings. The molecule has 0 amide bonds. The molecule has 0 aliphatic carbocycles. The molecule has 0 aliphatic heterocycles. The third-order valence-corrected chi connectivity index (χ3v) is 3.08. The topological polar surface area (TPSA) is 35.8 Å². The summed E-state index contributed by atoms with van der Waals surface area (Å²) in [7, 11) is 0. The van der Waals surface area contributed by atoms with Gasteiger partial charge in [0.1, 0.15) is 5.69 Å². The van der Waals surface area contributed by atoms with Gasteiger partial charge in [-0.25, -0.2) is 8.78 Å². The lowest BCUT2D eigenvalue weighted by molar-refractivity contribution is 0.589. The van der Waals surface area contributed by atoms with Gasteiger partial charge in [0.25, 0.3) is 0 Å². The van der Waals surface area contributed by atoms with Gasteiger partial charge in [-0.05, 0) is 42.8 Å². The maximum absolute atomic E-state index is 13.7. The van der Waals surface area contributed by atoms with Crippen molar-refractivity contribution in [2.24, 2.45) is 0 Å². The Bertz CT molecular complexity index is 655. The van der Waals surface area contributed by atoms with E-state index in [4.69, 9.17) is 5.26 Å².